The average Bonchev–Trinajstić information content (AvgIpc) is 2.99. The maximum absolute atomic E-state index is 14.2. The number of aromatic nitrogens is 2. The zero-order chi connectivity index (χ0) is 17.1. The molecule has 1 heterocycles. The van der Waals surface area contributed by atoms with E-state index in [-0.39, 0.29) is 6.42 Å². The summed E-state index contributed by atoms with van der Waals surface area (Å²) in [5.74, 6) is 0.388. The highest BCUT2D eigenvalue weighted by Gasteiger charge is 2.20. The van der Waals surface area contributed by atoms with E-state index in [1.54, 1.807) is 12.1 Å². The second kappa shape index (κ2) is 6.57. The molecular weight excluding hydrogens is 313 g/mol. The lowest BCUT2D eigenvalue weighted by Crippen LogP contribution is -2.29. The van der Waals surface area contributed by atoms with Gasteiger partial charge >= 0.3 is 6.09 Å². The van der Waals surface area contributed by atoms with Crippen LogP contribution in [-0.4, -0.2) is 28.3 Å². The molecule has 0 bridgehead atoms. The summed E-state index contributed by atoms with van der Waals surface area (Å²) in [4.78, 5) is 18.6. The maximum atomic E-state index is 14.2. The summed E-state index contributed by atoms with van der Waals surface area (Å²) in [5, 5.41) is 11.5. The molecule has 3 N–H and O–H groups in total. The molecule has 1 atom stereocenters. The van der Waals surface area contributed by atoms with Gasteiger partial charge in [-0.1, -0.05) is 18.2 Å². The van der Waals surface area contributed by atoms with Gasteiger partial charge in [0.05, 0.1) is 24.2 Å². The van der Waals surface area contributed by atoms with Gasteiger partial charge in [-0.05, 0) is 23.8 Å². The minimum Gasteiger partial charge on any atom is -0.497 e. The molecule has 0 radical (unpaired) electrons. The molecule has 0 aliphatic heterocycles. The molecule has 6 nitrogen and oxygen atoms in total. The zero-order valence-corrected chi connectivity index (χ0v) is 12.9. The van der Waals surface area contributed by atoms with Gasteiger partial charge in [0.2, 0.25) is 0 Å². The van der Waals surface area contributed by atoms with Crippen LogP contribution in [0.2, 0.25) is 0 Å². The number of hydrogen-bond acceptors (Lipinski definition) is 3. The lowest BCUT2D eigenvalue weighted by atomic mass is 10.0. The Kier molecular flexibility index (Phi) is 4.33. The van der Waals surface area contributed by atoms with Gasteiger partial charge in [-0.15, -0.1) is 0 Å². The lowest BCUT2D eigenvalue weighted by Gasteiger charge is -2.15. The Labute approximate surface area is 137 Å². The van der Waals surface area contributed by atoms with Crippen molar-refractivity contribution in [3.05, 3.63) is 59.7 Å². The van der Waals surface area contributed by atoms with Crippen LogP contribution >= 0.6 is 0 Å². The number of nitrogens with one attached hydrogen (secondary N) is 2. The number of amides is 1. The Morgan fingerprint density at radius 1 is 1.38 bits per heavy atom. The van der Waals surface area contributed by atoms with E-state index in [1.165, 1.54) is 13.2 Å². The van der Waals surface area contributed by atoms with Crippen molar-refractivity contribution in [3.63, 3.8) is 0 Å². The number of aromatic amines is 1. The van der Waals surface area contributed by atoms with Crippen LogP contribution in [0.3, 0.4) is 0 Å². The summed E-state index contributed by atoms with van der Waals surface area (Å²) in [5.41, 5.74) is 1.88. The van der Waals surface area contributed by atoms with Crippen molar-refractivity contribution in [1.82, 2.24) is 15.3 Å². The third-order valence-electron chi connectivity index (χ3n) is 3.72. The molecule has 1 aromatic heterocycles. The molecular formula is C17H16FN3O3. The van der Waals surface area contributed by atoms with E-state index < -0.39 is 18.0 Å². The van der Waals surface area contributed by atoms with E-state index in [4.69, 9.17) is 9.84 Å². The average molecular weight is 329 g/mol. The summed E-state index contributed by atoms with van der Waals surface area (Å²) in [7, 11) is 1.46. The smallest absolute Gasteiger partial charge is 0.405 e. The number of H-pyrrole nitrogens is 1. The molecule has 0 saturated heterocycles. The summed E-state index contributed by atoms with van der Waals surface area (Å²) < 4.78 is 19.1. The van der Waals surface area contributed by atoms with Crippen LogP contribution in [0.15, 0.2) is 42.5 Å². The van der Waals surface area contributed by atoms with Crippen LogP contribution in [0.1, 0.15) is 17.4 Å². The van der Waals surface area contributed by atoms with Crippen LogP contribution < -0.4 is 10.1 Å². The first-order valence-electron chi connectivity index (χ1n) is 7.33. The van der Waals surface area contributed by atoms with E-state index in [2.05, 4.69) is 15.3 Å². The highest BCUT2D eigenvalue weighted by atomic mass is 19.1. The zero-order valence-electron chi connectivity index (χ0n) is 12.9. The van der Waals surface area contributed by atoms with Crippen molar-refractivity contribution in [3.8, 4) is 5.75 Å². The Morgan fingerprint density at radius 3 is 2.83 bits per heavy atom. The van der Waals surface area contributed by atoms with Crippen LogP contribution in [0, 0.1) is 5.82 Å². The van der Waals surface area contributed by atoms with Gasteiger partial charge in [0.1, 0.15) is 17.4 Å². The van der Waals surface area contributed by atoms with Gasteiger partial charge in [0.15, 0.2) is 0 Å². The van der Waals surface area contributed by atoms with E-state index >= 15 is 0 Å². The normalized spacial score (nSPS) is 12.1. The molecule has 3 aromatic rings. The van der Waals surface area contributed by atoms with Gasteiger partial charge in [-0.25, -0.2) is 14.2 Å². The molecule has 3 rings (SSSR count). The molecule has 0 aliphatic rings. The fraction of sp³-hybridized carbons (Fsp3) is 0.176. The number of benzene rings is 2. The summed E-state index contributed by atoms with van der Waals surface area (Å²) >= 11 is 0. The fourth-order valence-electron chi connectivity index (χ4n) is 2.54. The quantitative estimate of drug-likeness (QED) is 0.670. The van der Waals surface area contributed by atoms with E-state index in [0.29, 0.717) is 17.1 Å². The number of carboxylic acid groups (broad SMARTS) is 1. The van der Waals surface area contributed by atoms with Crippen LogP contribution in [0.4, 0.5) is 9.18 Å². The molecule has 7 heteroatoms. The molecule has 0 saturated carbocycles. The minimum absolute atomic E-state index is 0.127. The third kappa shape index (κ3) is 3.29. The number of para-hydroxylation sites is 2. The van der Waals surface area contributed by atoms with Gasteiger partial charge < -0.3 is 20.1 Å². The first kappa shape index (κ1) is 15.8. The topological polar surface area (TPSA) is 87.2 Å². The Balaban J connectivity index is 1.93. The molecule has 0 spiro atoms. The predicted octanol–water partition coefficient (Wildman–Crippen LogP) is 3.26. The largest absolute Gasteiger partial charge is 0.497 e. The number of methoxy groups -OCH3 is 1. The first-order chi connectivity index (χ1) is 11.6. The molecule has 0 fully saturated rings. The van der Waals surface area contributed by atoms with Crippen molar-refractivity contribution in [1.29, 1.82) is 0 Å². The number of ether oxygens (including phenoxy) is 1. The Morgan fingerprint density at radius 2 is 2.17 bits per heavy atom. The van der Waals surface area contributed by atoms with Crippen molar-refractivity contribution in [2.45, 2.75) is 12.5 Å². The molecule has 1 amide bonds. The SMILES string of the molecule is COc1ccc(CC(NC(=O)O)c2nc3ccccc3[nH]2)c(F)c1. The van der Waals surface area contributed by atoms with Crippen LogP contribution in [0.5, 0.6) is 5.75 Å². The molecule has 2 aromatic carbocycles. The number of halogens is 1. The first-order valence-corrected chi connectivity index (χ1v) is 7.33. The van der Waals surface area contributed by atoms with Gasteiger partial charge in [0.25, 0.3) is 0 Å². The highest BCUT2D eigenvalue weighted by Crippen LogP contribution is 2.23. The van der Waals surface area contributed by atoms with Crippen LogP contribution in [0.25, 0.3) is 11.0 Å². The molecule has 0 aliphatic carbocycles. The molecule has 1 unspecified atom stereocenters. The Bertz CT molecular complexity index is 845. The molecule has 124 valence electrons. The standard InChI is InChI=1S/C17H16FN3O3/c1-24-11-7-6-10(12(18)9-11)8-15(21-17(22)23)16-19-13-4-2-3-5-14(13)20-16/h2-7,9,15,21H,8H2,1H3,(H,19,20)(H,22,23). The van der Waals surface area contributed by atoms with Crippen molar-refractivity contribution < 1.29 is 19.0 Å². The second-order valence-corrected chi connectivity index (χ2v) is 5.30. The van der Waals surface area contributed by atoms with Gasteiger partial charge in [0, 0.05) is 12.5 Å². The van der Waals surface area contributed by atoms with E-state index in [1.807, 2.05) is 24.3 Å². The summed E-state index contributed by atoms with van der Waals surface area (Å²) in [6, 6.07) is 11.1. The summed E-state index contributed by atoms with van der Waals surface area (Å²) in [6.45, 7) is 0. The number of hydrogen-bond donors (Lipinski definition) is 3. The van der Waals surface area contributed by atoms with E-state index in [9.17, 15) is 9.18 Å². The van der Waals surface area contributed by atoms with Crippen molar-refractivity contribution in [2.75, 3.05) is 7.11 Å². The maximum Gasteiger partial charge on any atom is 0.405 e. The van der Waals surface area contributed by atoms with E-state index in [0.717, 1.165) is 11.0 Å². The summed E-state index contributed by atoms with van der Waals surface area (Å²) in [6.07, 6.45) is -1.07. The monoisotopic (exact) mass is 329 g/mol. The number of fused-ring (bicyclic) bond motifs is 1. The number of nitrogens with zero attached hydrogens (tertiary/aromatic N) is 1. The lowest BCUT2D eigenvalue weighted by molar-refractivity contribution is 0.189. The highest BCUT2D eigenvalue weighted by molar-refractivity contribution is 5.75. The van der Waals surface area contributed by atoms with Crippen molar-refractivity contribution >= 4 is 17.1 Å². The minimum atomic E-state index is -1.20. The number of carbonyl (C=O) groups is 1. The third-order valence-corrected chi connectivity index (χ3v) is 3.72. The van der Waals surface area contributed by atoms with Crippen LogP contribution in [-0.2, 0) is 6.42 Å². The second-order valence-electron chi connectivity index (χ2n) is 5.30. The van der Waals surface area contributed by atoms with Crippen molar-refractivity contribution in [2.24, 2.45) is 0 Å². The fourth-order valence-corrected chi connectivity index (χ4v) is 2.54. The Hall–Kier alpha value is -3.09. The molecule has 24 heavy (non-hydrogen) atoms. The van der Waals surface area contributed by atoms with Gasteiger partial charge in [-0.2, -0.15) is 0 Å². The predicted molar refractivity (Wildman–Crippen MR) is 86.7 cm³/mol. The van der Waals surface area contributed by atoms with Gasteiger partial charge in [-0.3, -0.25) is 0 Å². The number of imidazole rings is 1. The number of rotatable bonds is 5.